The van der Waals surface area contributed by atoms with E-state index in [9.17, 15) is 9.90 Å². The van der Waals surface area contributed by atoms with Gasteiger partial charge in [-0.2, -0.15) is 0 Å². The quantitative estimate of drug-likeness (QED) is 0.425. The molecule has 2 aromatic rings. The summed E-state index contributed by atoms with van der Waals surface area (Å²) < 4.78 is 5.76. The summed E-state index contributed by atoms with van der Waals surface area (Å²) in [5, 5.41) is 17.6. The Bertz CT molecular complexity index is 1080. The Morgan fingerprint density at radius 3 is 2.56 bits per heavy atom. The third kappa shape index (κ3) is 5.93. The number of nitrogens with two attached hydrogens (primary N) is 2. The van der Waals surface area contributed by atoms with Gasteiger partial charge in [0, 0.05) is 31.5 Å². The van der Waals surface area contributed by atoms with Crippen molar-refractivity contribution < 1.29 is 14.3 Å². The fourth-order valence-corrected chi connectivity index (χ4v) is 3.53. The number of hydrogen-bond acceptors (Lipinski definition) is 9. The van der Waals surface area contributed by atoms with Gasteiger partial charge in [0.15, 0.2) is 17.3 Å². The first-order valence-corrected chi connectivity index (χ1v) is 11.2. The van der Waals surface area contributed by atoms with Crippen molar-refractivity contribution in [2.75, 3.05) is 25.9 Å². The molecule has 2 aromatic heterocycles. The zero-order chi connectivity index (χ0) is 25.0. The molecule has 0 spiro atoms. The van der Waals surface area contributed by atoms with Crippen molar-refractivity contribution in [3.63, 3.8) is 0 Å². The average molecular weight is 472 g/mol. The zero-order valence-electron chi connectivity index (χ0n) is 20.3. The maximum atomic E-state index is 12.2. The van der Waals surface area contributed by atoms with E-state index in [1.54, 1.807) is 18.9 Å². The van der Waals surface area contributed by atoms with Crippen LogP contribution in [-0.4, -0.2) is 74.0 Å². The normalized spacial score (nSPS) is 17.2. The molecule has 1 aliphatic rings. The maximum absolute atomic E-state index is 12.2. The Morgan fingerprint density at radius 2 is 2.00 bits per heavy atom. The van der Waals surface area contributed by atoms with Gasteiger partial charge in [-0.25, -0.2) is 15.0 Å². The molecule has 3 heterocycles. The number of hydrogen-bond donors (Lipinski definition) is 3. The first-order chi connectivity index (χ1) is 16.0. The number of rotatable bonds is 5. The van der Waals surface area contributed by atoms with Crippen LogP contribution in [0.25, 0.3) is 11.6 Å². The van der Waals surface area contributed by atoms with Crippen molar-refractivity contribution in [3.8, 4) is 11.6 Å². The minimum Gasteiger partial charge on any atom is -0.419 e. The van der Waals surface area contributed by atoms with E-state index in [1.807, 2.05) is 20.8 Å². The molecule has 34 heavy (non-hydrogen) atoms. The molecule has 0 radical (unpaired) electrons. The number of carbonyl (C=O) groups excluding carboxylic acids is 1. The first-order valence-electron chi connectivity index (χ1n) is 11.2. The summed E-state index contributed by atoms with van der Waals surface area (Å²) in [6.45, 7) is 8.61. The average Bonchev–Trinajstić information content (AvgIpc) is 3.28. The molecule has 12 heteroatoms. The van der Waals surface area contributed by atoms with Crippen molar-refractivity contribution >= 4 is 23.4 Å². The molecular weight excluding hydrogens is 438 g/mol. The predicted molar refractivity (Wildman–Crippen MR) is 128 cm³/mol. The van der Waals surface area contributed by atoms with Gasteiger partial charge >= 0.3 is 0 Å². The topological polar surface area (TPSA) is 182 Å². The van der Waals surface area contributed by atoms with Crippen LogP contribution in [0.4, 0.5) is 5.82 Å². The fraction of sp³-hybridized carbons (Fsp3) is 0.591. The third-order valence-electron chi connectivity index (χ3n) is 5.48. The van der Waals surface area contributed by atoms with Crippen molar-refractivity contribution in [1.29, 1.82) is 0 Å². The maximum Gasteiger partial charge on any atom is 0.270 e. The third-order valence-corrected chi connectivity index (χ3v) is 5.48. The van der Waals surface area contributed by atoms with Crippen molar-refractivity contribution in [3.05, 3.63) is 17.8 Å². The smallest absolute Gasteiger partial charge is 0.270 e. The highest BCUT2D eigenvalue weighted by Gasteiger charge is 2.27. The van der Waals surface area contributed by atoms with Crippen LogP contribution in [0, 0.1) is 5.92 Å². The van der Waals surface area contributed by atoms with Crippen LogP contribution in [0.2, 0.25) is 0 Å². The monoisotopic (exact) mass is 471 g/mol. The van der Waals surface area contributed by atoms with E-state index in [0.717, 1.165) is 0 Å². The number of nitrogens with zero attached hydrogens (tertiary/aromatic N) is 7. The van der Waals surface area contributed by atoms with Gasteiger partial charge in [0.1, 0.15) is 11.5 Å². The first kappa shape index (κ1) is 25.2. The standard InChI is InChI=1S/C22H33N9O3/c1-12(32)10-15(33)31-8-6-13(7-9-31)17(23)28-19(25-5)14-11-26-18(24)16(27-14)20-29-30-21(34-20)22(2,3)4/h11-13,32H,6-10H2,1-5H3,(H2,24,26)(H2,23,25,28). The van der Waals surface area contributed by atoms with Gasteiger partial charge in [0.2, 0.25) is 11.8 Å². The van der Waals surface area contributed by atoms with E-state index in [1.165, 1.54) is 6.20 Å². The van der Waals surface area contributed by atoms with Gasteiger partial charge in [-0.1, -0.05) is 20.8 Å². The SMILES string of the molecule is CN=C(N=C(N)C1CCN(C(=O)CC(C)O)CC1)c1cnc(N)c(-c2nnc(C(C)(C)C)o2)n1. The number of anilines is 1. The van der Waals surface area contributed by atoms with Crippen LogP contribution in [0.3, 0.4) is 0 Å². The summed E-state index contributed by atoms with van der Waals surface area (Å²) in [5.41, 5.74) is 12.6. The van der Waals surface area contributed by atoms with E-state index < -0.39 is 6.10 Å². The summed E-state index contributed by atoms with van der Waals surface area (Å²) in [4.78, 5) is 31.4. The Kier molecular flexibility index (Phi) is 7.60. The largest absolute Gasteiger partial charge is 0.419 e. The van der Waals surface area contributed by atoms with E-state index in [2.05, 4.69) is 30.2 Å². The number of nitrogen functional groups attached to an aromatic ring is 1. The van der Waals surface area contributed by atoms with Crippen LogP contribution in [0.5, 0.6) is 0 Å². The molecule has 12 nitrogen and oxygen atoms in total. The molecule has 1 unspecified atom stereocenters. The number of aliphatic hydroxyl groups excluding tert-OH is 1. The highest BCUT2D eigenvalue weighted by molar-refractivity contribution is 6.05. The van der Waals surface area contributed by atoms with E-state index >= 15 is 0 Å². The Labute approximate surface area is 198 Å². The van der Waals surface area contributed by atoms with Gasteiger partial charge in [-0.15, -0.1) is 10.2 Å². The lowest BCUT2D eigenvalue weighted by molar-refractivity contribution is -0.134. The van der Waals surface area contributed by atoms with Gasteiger partial charge < -0.3 is 25.9 Å². The molecule has 0 bridgehead atoms. The van der Waals surface area contributed by atoms with Crippen LogP contribution in [0.1, 0.15) is 58.5 Å². The number of amides is 1. The van der Waals surface area contributed by atoms with Crippen LogP contribution in [-0.2, 0) is 10.2 Å². The van der Waals surface area contributed by atoms with E-state index in [4.69, 9.17) is 15.9 Å². The minimum atomic E-state index is -0.654. The van der Waals surface area contributed by atoms with Gasteiger partial charge in [-0.3, -0.25) is 9.79 Å². The molecule has 0 saturated carbocycles. The van der Waals surface area contributed by atoms with Crippen molar-refractivity contribution in [1.82, 2.24) is 25.1 Å². The number of piperidine rings is 1. The molecule has 1 saturated heterocycles. The summed E-state index contributed by atoms with van der Waals surface area (Å²) in [5.74, 6) is 1.43. The Hall–Kier alpha value is -3.41. The lowest BCUT2D eigenvalue weighted by Crippen LogP contribution is -2.42. The summed E-state index contributed by atoms with van der Waals surface area (Å²) in [7, 11) is 1.59. The van der Waals surface area contributed by atoms with Crippen LogP contribution >= 0.6 is 0 Å². The molecule has 0 aliphatic carbocycles. The molecular formula is C22H33N9O3. The number of aliphatic hydroxyl groups is 1. The Morgan fingerprint density at radius 1 is 1.32 bits per heavy atom. The molecule has 0 aromatic carbocycles. The summed E-state index contributed by atoms with van der Waals surface area (Å²) in [6.07, 6.45) is 2.28. The molecule has 1 amide bonds. The lowest BCUT2D eigenvalue weighted by atomic mass is 9.95. The number of likely N-dealkylation sites (tertiary alicyclic amines) is 1. The molecule has 1 atom stereocenters. The minimum absolute atomic E-state index is 0.00107. The van der Waals surface area contributed by atoms with Gasteiger partial charge in [0.05, 0.1) is 18.7 Å². The van der Waals surface area contributed by atoms with Crippen molar-refractivity contribution in [2.24, 2.45) is 21.6 Å². The zero-order valence-corrected chi connectivity index (χ0v) is 20.3. The fourth-order valence-electron chi connectivity index (χ4n) is 3.53. The van der Waals surface area contributed by atoms with Crippen LogP contribution < -0.4 is 11.5 Å². The Balaban J connectivity index is 1.76. The molecule has 1 fully saturated rings. The number of amidine groups is 2. The summed E-state index contributed by atoms with van der Waals surface area (Å²) in [6, 6.07) is 0. The second kappa shape index (κ2) is 10.2. The predicted octanol–water partition coefficient (Wildman–Crippen LogP) is 1.15. The highest BCUT2D eigenvalue weighted by atomic mass is 16.4. The van der Waals surface area contributed by atoms with E-state index in [0.29, 0.717) is 49.2 Å². The second-order valence-corrected chi connectivity index (χ2v) is 9.44. The number of carbonyl (C=O) groups is 1. The van der Waals surface area contributed by atoms with Crippen LogP contribution in [0.15, 0.2) is 20.6 Å². The van der Waals surface area contributed by atoms with Gasteiger partial charge in [0.25, 0.3) is 5.89 Å². The number of aliphatic imine (C=N–C) groups is 2. The highest BCUT2D eigenvalue weighted by Crippen LogP contribution is 2.27. The second-order valence-electron chi connectivity index (χ2n) is 9.44. The van der Waals surface area contributed by atoms with E-state index in [-0.39, 0.29) is 41.1 Å². The molecule has 184 valence electrons. The molecule has 5 N–H and O–H groups in total. The molecule has 3 rings (SSSR count). The summed E-state index contributed by atoms with van der Waals surface area (Å²) >= 11 is 0. The van der Waals surface area contributed by atoms with Gasteiger partial charge in [-0.05, 0) is 19.8 Å². The van der Waals surface area contributed by atoms with Crippen molar-refractivity contribution in [2.45, 2.75) is 58.5 Å². The molecule has 1 aliphatic heterocycles. The lowest BCUT2D eigenvalue weighted by Gasteiger charge is -2.32. The number of aromatic nitrogens is 4.